The molecular weight excluding hydrogens is 420 g/mol. The zero-order chi connectivity index (χ0) is 23.0. The van der Waals surface area contributed by atoms with Crippen LogP contribution in [0.4, 0.5) is 5.69 Å². The molecule has 0 fully saturated rings. The van der Waals surface area contributed by atoms with Crippen LogP contribution in [-0.4, -0.2) is 6.54 Å². The van der Waals surface area contributed by atoms with Gasteiger partial charge in [0.15, 0.2) is 0 Å². The van der Waals surface area contributed by atoms with E-state index in [4.69, 9.17) is 0 Å². The molecule has 2 aliphatic rings. The third kappa shape index (κ3) is 4.39. The second kappa shape index (κ2) is 8.87. The van der Waals surface area contributed by atoms with E-state index >= 15 is 0 Å². The molecule has 0 amide bonds. The minimum atomic E-state index is 0.244. The van der Waals surface area contributed by atoms with Crippen LogP contribution < -0.4 is 9.47 Å². The first-order chi connectivity index (χ1) is 16.0. The summed E-state index contributed by atoms with van der Waals surface area (Å²) in [6.45, 7) is 11.2. The number of benzene rings is 2. The molecule has 0 saturated carbocycles. The Labute approximate surface area is 202 Å². The number of nitrogens with zero attached hydrogens (tertiary/aromatic N) is 2. The van der Waals surface area contributed by atoms with E-state index in [0.717, 1.165) is 25.9 Å². The average molecular weight is 454 g/mol. The lowest BCUT2D eigenvalue weighted by molar-refractivity contribution is -0.669. The third-order valence-electron chi connectivity index (χ3n) is 6.62. The predicted molar refractivity (Wildman–Crippen MR) is 142 cm³/mol. The van der Waals surface area contributed by atoms with E-state index in [1.165, 1.54) is 43.4 Å². The highest BCUT2D eigenvalue weighted by atomic mass is 32.2. The van der Waals surface area contributed by atoms with Gasteiger partial charge in [-0.1, -0.05) is 56.0 Å². The number of aryl methyl sites for hydroxylation is 1. The summed E-state index contributed by atoms with van der Waals surface area (Å²) in [5.41, 5.74) is 7.00. The van der Waals surface area contributed by atoms with Crippen molar-refractivity contribution in [3.63, 3.8) is 0 Å². The van der Waals surface area contributed by atoms with Crippen LogP contribution in [-0.2, 0) is 6.54 Å². The van der Waals surface area contributed by atoms with Crippen LogP contribution in [0.15, 0.2) is 93.9 Å². The molecule has 0 N–H and O–H groups in total. The van der Waals surface area contributed by atoms with Gasteiger partial charge in [-0.25, -0.2) is 0 Å². The van der Waals surface area contributed by atoms with Crippen LogP contribution in [0, 0.1) is 5.41 Å². The van der Waals surface area contributed by atoms with Gasteiger partial charge in [0.25, 0.3) is 0 Å². The number of anilines is 1. The van der Waals surface area contributed by atoms with Gasteiger partial charge in [-0.2, -0.15) is 4.57 Å². The van der Waals surface area contributed by atoms with Gasteiger partial charge in [0, 0.05) is 35.0 Å². The van der Waals surface area contributed by atoms with E-state index in [0.29, 0.717) is 0 Å². The van der Waals surface area contributed by atoms with Crippen molar-refractivity contribution in [2.24, 2.45) is 5.41 Å². The fourth-order valence-corrected chi connectivity index (χ4v) is 6.49. The molecular formula is C30H33N2S+. The monoisotopic (exact) mass is 453 g/mol. The highest BCUT2D eigenvalue weighted by molar-refractivity contribution is 8.03. The van der Waals surface area contributed by atoms with Crippen molar-refractivity contribution in [1.29, 1.82) is 0 Å². The number of rotatable bonds is 4. The molecule has 0 bridgehead atoms. The molecule has 2 heterocycles. The van der Waals surface area contributed by atoms with Gasteiger partial charge in [-0.3, -0.25) is 0 Å². The van der Waals surface area contributed by atoms with Crippen LogP contribution in [0.1, 0.15) is 46.2 Å². The molecule has 0 radical (unpaired) electrons. The minimum Gasteiger partial charge on any atom is -0.335 e. The Balaban J connectivity index is 1.54. The first-order valence-corrected chi connectivity index (χ1v) is 12.9. The molecule has 0 saturated heterocycles. The van der Waals surface area contributed by atoms with Crippen LogP contribution in [0.3, 0.4) is 0 Å². The second-order valence-corrected chi connectivity index (χ2v) is 10.9. The quantitative estimate of drug-likeness (QED) is 0.373. The maximum Gasteiger partial charge on any atom is 0.212 e. The lowest BCUT2D eigenvalue weighted by atomic mass is 9.75. The fourth-order valence-electron chi connectivity index (χ4n) is 5.29. The molecule has 0 atom stereocenters. The van der Waals surface area contributed by atoms with Gasteiger partial charge in [0.2, 0.25) is 11.2 Å². The summed E-state index contributed by atoms with van der Waals surface area (Å²) in [5, 5.41) is 2.64. The van der Waals surface area contributed by atoms with E-state index in [-0.39, 0.29) is 5.41 Å². The summed E-state index contributed by atoms with van der Waals surface area (Å²) in [4.78, 5) is 3.80. The highest BCUT2D eigenvalue weighted by Gasteiger charge is 2.28. The Hall–Kier alpha value is -2.78. The number of fused-ring (bicyclic) bond motifs is 2. The molecule has 3 aromatic rings. The maximum absolute atomic E-state index is 2.44. The number of hydrogen-bond acceptors (Lipinski definition) is 2. The standard InChI is InChI=1S/C30H33N2S/c1-5-31-25(16-15-24-11-7-8-12-26(24)31)18-22-17-23(21-30(3,4)20-22)19-29-32(6-2)27-13-9-10-14-28(27)33-29/h7-19H,5-6,20-21H2,1-4H3/q+1. The Morgan fingerprint density at radius 3 is 2.55 bits per heavy atom. The topological polar surface area (TPSA) is 7.12 Å². The number of thioether (sulfide) groups is 1. The molecule has 1 aliphatic carbocycles. The molecule has 1 aliphatic heterocycles. The Morgan fingerprint density at radius 2 is 1.73 bits per heavy atom. The molecule has 168 valence electrons. The lowest BCUT2D eigenvalue weighted by Gasteiger charge is -2.31. The first-order valence-electron chi connectivity index (χ1n) is 12.1. The smallest absolute Gasteiger partial charge is 0.212 e. The molecule has 2 aromatic carbocycles. The normalized spacial score (nSPS) is 19.9. The lowest BCUT2D eigenvalue weighted by Crippen LogP contribution is -2.36. The number of aromatic nitrogens is 1. The van der Waals surface area contributed by atoms with Gasteiger partial charge in [-0.05, 0) is 73.6 Å². The molecule has 0 spiro atoms. The van der Waals surface area contributed by atoms with Crippen LogP contribution >= 0.6 is 11.8 Å². The zero-order valence-corrected chi connectivity index (χ0v) is 21.0. The highest BCUT2D eigenvalue weighted by Crippen LogP contribution is 2.47. The maximum atomic E-state index is 2.44. The van der Waals surface area contributed by atoms with E-state index < -0.39 is 0 Å². The summed E-state index contributed by atoms with van der Waals surface area (Å²) >= 11 is 1.90. The van der Waals surface area contributed by atoms with E-state index in [1.54, 1.807) is 0 Å². The Kier molecular flexibility index (Phi) is 5.92. The summed E-state index contributed by atoms with van der Waals surface area (Å²) in [7, 11) is 0. The first kappa shape index (κ1) is 22.0. The Bertz CT molecular complexity index is 1300. The zero-order valence-electron chi connectivity index (χ0n) is 20.1. The number of para-hydroxylation sites is 2. The SMILES string of the molecule is CCN1C(=CC2=CC(=Cc3ccc4ccccc4[n+]3CC)CC(C)(C)C2)Sc2ccccc21. The van der Waals surface area contributed by atoms with Gasteiger partial charge >= 0.3 is 0 Å². The van der Waals surface area contributed by atoms with Gasteiger partial charge < -0.3 is 4.90 Å². The van der Waals surface area contributed by atoms with Crippen molar-refractivity contribution in [2.75, 3.05) is 11.4 Å². The van der Waals surface area contributed by atoms with Crippen molar-refractivity contribution >= 4 is 34.4 Å². The number of hydrogen-bond donors (Lipinski definition) is 0. The van der Waals surface area contributed by atoms with Crippen LogP contribution in [0.2, 0.25) is 0 Å². The molecule has 0 unspecified atom stereocenters. The number of pyridine rings is 1. The summed E-state index contributed by atoms with van der Waals surface area (Å²) in [6, 6.07) is 21.9. The van der Waals surface area contributed by atoms with E-state index in [2.05, 4.69) is 116 Å². The van der Waals surface area contributed by atoms with Crippen LogP contribution in [0.25, 0.3) is 17.0 Å². The van der Waals surface area contributed by atoms with Crippen molar-refractivity contribution in [1.82, 2.24) is 0 Å². The van der Waals surface area contributed by atoms with Crippen molar-refractivity contribution in [3.05, 3.63) is 94.7 Å². The molecule has 33 heavy (non-hydrogen) atoms. The van der Waals surface area contributed by atoms with Gasteiger partial charge in [0.1, 0.15) is 6.54 Å². The van der Waals surface area contributed by atoms with Crippen molar-refractivity contribution in [3.8, 4) is 0 Å². The summed E-state index contributed by atoms with van der Waals surface area (Å²) in [5.74, 6) is 0. The molecule has 3 heteroatoms. The van der Waals surface area contributed by atoms with Crippen LogP contribution in [0.5, 0.6) is 0 Å². The minimum absolute atomic E-state index is 0.244. The molecule has 5 rings (SSSR count). The van der Waals surface area contributed by atoms with Crippen molar-refractivity contribution in [2.45, 2.75) is 52.0 Å². The summed E-state index contributed by atoms with van der Waals surface area (Å²) in [6.07, 6.45) is 9.47. The largest absolute Gasteiger partial charge is 0.335 e. The second-order valence-electron chi connectivity index (χ2n) is 9.81. The van der Waals surface area contributed by atoms with Gasteiger partial charge in [0.05, 0.1) is 10.7 Å². The predicted octanol–water partition coefficient (Wildman–Crippen LogP) is 7.75. The van der Waals surface area contributed by atoms with Crippen molar-refractivity contribution < 1.29 is 4.57 Å². The van der Waals surface area contributed by atoms with Gasteiger partial charge in [-0.15, -0.1) is 0 Å². The van der Waals surface area contributed by atoms with E-state index in [1.807, 2.05) is 11.8 Å². The number of allylic oxidation sites excluding steroid dienone is 4. The molecule has 1 aromatic heterocycles. The Morgan fingerprint density at radius 1 is 0.939 bits per heavy atom. The summed E-state index contributed by atoms with van der Waals surface area (Å²) < 4.78 is 2.43. The average Bonchev–Trinajstić information content (AvgIpc) is 3.14. The third-order valence-corrected chi connectivity index (χ3v) is 7.73. The molecule has 2 nitrogen and oxygen atoms in total. The fraction of sp³-hybridized carbons (Fsp3) is 0.300. The van der Waals surface area contributed by atoms with E-state index in [9.17, 15) is 0 Å².